The first-order valence-corrected chi connectivity index (χ1v) is 8.80. The number of nitrogens with zero attached hydrogens (tertiary/aromatic N) is 1. The van der Waals surface area contributed by atoms with Gasteiger partial charge in [0.1, 0.15) is 5.57 Å². The van der Waals surface area contributed by atoms with E-state index < -0.39 is 11.8 Å². The molecule has 27 heavy (non-hydrogen) atoms. The third-order valence-corrected chi connectivity index (χ3v) is 4.31. The molecule has 6 nitrogen and oxygen atoms in total. The summed E-state index contributed by atoms with van der Waals surface area (Å²) in [7, 11) is 1.56. The summed E-state index contributed by atoms with van der Waals surface area (Å²) in [6.45, 7) is 4.02. The quantitative estimate of drug-likeness (QED) is 0.629. The van der Waals surface area contributed by atoms with Crippen molar-refractivity contribution in [2.24, 2.45) is 0 Å². The minimum Gasteiger partial charge on any atom is -0.493 e. The predicted molar refractivity (Wildman–Crippen MR) is 103 cm³/mol. The summed E-state index contributed by atoms with van der Waals surface area (Å²) in [5.41, 5.74) is 3.93. The highest BCUT2D eigenvalue weighted by Gasteiger charge is 2.34. The molecule has 1 fully saturated rings. The Morgan fingerprint density at radius 2 is 1.85 bits per heavy atom. The zero-order valence-electron chi connectivity index (χ0n) is 15.6. The molecule has 140 valence electrons. The lowest BCUT2D eigenvalue weighted by molar-refractivity contribution is -0.117. The van der Waals surface area contributed by atoms with Gasteiger partial charge in [-0.15, -0.1) is 0 Å². The van der Waals surface area contributed by atoms with Gasteiger partial charge < -0.3 is 9.47 Å². The standard InChI is InChI=1S/C21H22N2O4/c1-4-14(2)27-18-11-10-15(13-19(18)26-3)12-17-20(24)22-23(21(17)25)16-8-6-5-7-9-16/h5-14H,4H2,1-3H3,(H,22,24)/b17-12-/t14-/m0/s1. The van der Waals surface area contributed by atoms with Crippen LogP contribution in [-0.2, 0) is 9.59 Å². The molecular formula is C21H22N2O4. The zero-order valence-corrected chi connectivity index (χ0v) is 15.6. The summed E-state index contributed by atoms with van der Waals surface area (Å²) in [5.74, 6) is 0.338. The average Bonchev–Trinajstić information content (AvgIpc) is 2.97. The largest absolute Gasteiger partial charge is 0.493 e. The number of hydrazine groups is 1. The SMILES string of the molecule is CC[C@H](C)Oc1ccc(/C=C2/C(=O)NN(c3ccccc3)C2=O)cc1OC. The second-order valence-electron chi connectivity index (χ2n) is 6.22. The number of anilines is 1. The zero-order chi connectivity index (χ0) is 19.4. The number of carbonyl (C=O) groups excluding carboxylic acids is 2. The highest BCUT2D eigenvalue weighted by molar-refractivity contribution is 6.31. The third-order valence-electron chi connectivity index (χ3n) is 4.31. The van der Waals surface area contributed by atoms with Crippen LogP contribution >= 0.6 is 0 Å². The van der Waals surface area contributed by atoms with Gasteiger partial charge >= 0.3 is 0 Å². The van der Waals surface area contributed by atoms with Crippen molar-refractivity contribution >= 4 is 23.6 Å². The number of amides is 2. The molecule has 0 aliphatic carbocycles. The summed E-state index contributed by atoms with van der Waals surface area (Å²) in [6, 6.07) is 14.3. The third kappa shape index (κ3) is 3.95. The fraction of sp³-hybridized carbons (Fsp3) is 0.238. The molecule has 2 aromatic rings. The van der Waals surface area contributed by atoms with Crippen LogP contribution in [0, 0.1) is 0 Å². The van der Waals surface area contributed by atoms with E-state index >= 15 is 0 Å². The Labute approximate surface area is 158 Å². The lowest BCUT2D eigenvalue weighted by atomic mass is 10.1. The van der Waals surface area contributed by atoms with Gasteiger partial charge in [0, 0.05) is 0 Å². The molecule has 1 aliphatic heterocycles. The molecule has 1 atom stereocenters. The topological polar surface area (TPSA) is 67.9 Å². The number of rotatable bonds is 6. The highest BCUT2D eigenvalue weighted by Crippen LogP contribution is 2.31. The number of methoxy groups -OCH3 is 1. The van der Waals surface area contributed by atoms with Crippen LogP contribution in [0.4, 0.5) is 5.69 Å². The van der Waals surface area contributed by atoms with Crippen LogP contribution in [0.25, 0.3) is 6.08 Å². The van der Waals surface area contributed by atoms with Crippen LogP contribution in [0.15, 0.2) is 54.1 Å². The molecule has 6 heteroatoms. The van der Waals surface area contributed by atoms with Gasteiger partial charge in [0.05, 0.1) is 18.9 Å². The molecule has 0 spiro atoms. The first-order chi connectivity index (χ1) is 13.0. The normalized spacial score (nSPS) is 16.4. The lowest BCUT2D eigenvalue weighted by Crippen LogP contribution is -2.35. The van der Waals surface area contributed by atoms with Crippen LogP contribution in [0.2, 0.25) is 0 Å². The molecule has 0 unspecified atom stereocenters. The molecule has 0 radical (unpaired) electrons. The van der Waals surface area contributed by atoms with Crippen molar-refractivity contribution in [3.8, 4) is 11.5 Å². The predicted octanol–water partition coefficient (Wildman–Crippen LogP) is 3.33. The van der Waals surface area contributed by atoms with E-state index in [2.05, 4.69) is 5.43 Å². The highest BCUT2D eigenvalue weighted by atomic mass is 16.5. The fourth-order valence-corrected chi connectivity index (χ4v) is 2.65. The van der Waals surface area contributed by atoms with E-state index in [0.717, 1.165) is 6.42 Å². The average molecular weight is 366 g/mol. The van der Waals surface area contributed by atoms with E-state index in [0.29, 0.717) is 22.7 Å². The summed E-state index contributed by atoms with van der Waals surface area (Å²) in [4.78, 5) is 24.9. The number of hydrogen-bond donors (Lipinski definition) is 1. The van der Waals surface area contributed by atoms with Crippen molar-refractivity contribution < 1.29 is 19.1 Å². The monoisotopic (exact) mass is 366 g/mol. The van der Waals surface area contributed by atoms with Gasteiger partial charge in [-0.25, -0.2) is 5.01 Å². The molecule has 2 aromatic carbocycles. The number of carbonyl (C=O) groups is 2. The maximum atomic E-state index is 12.6. The van der Waals surface area contributed by atoms with E-state index in [1.807, 2.05) is 19.9 Å². The number of nitrogens with one attached hydrogen (secondary N) is 1. The Kier molecular flexibility index (Phi) is 5.45. The first-order valence-electron chi connectivity index (χ1n) is 8.80. The van der Waals surface area contributed by atoms with Crippen LogP contribution in [0.3, 0.4) is 0 Å². The van der Waals surface area contributed by atoms with E-state index in [-0.39, 0.29) is 11.7 Å². The van der Waals surface area contributed by atoms with Crippen molar-refractivity contribution in [2.75, 3.05) is 12.1 Å². The van der Waals surface area contributed by atoms with Gasteiger partial charge in [0.25, 0.3) is 11.8 Å². The van der Waals surface area contributed by atoms with E-state index in [1.54, 1.807) is 55.7 Å². The molecule has 3 rings (SSSR count). The van der Waals surface area contributed by atoms with Gasteiger partial charge in [-0.1, -0.05) is 31.2 Å². The minimum atomic E-state index is -0.442. The molecule has 1 N–H and O–H groups in total. The van der Waals surface area contributed by atoms with Crippen LogP contribution in [0.1, 0.15) is 25.8 Å². The molecule has 1 aliphatic rings. The van der Waals surface area contributed by atoms with Crippen molar-refractivity contribution in [3.63, 3.8) is 0 Å². The maximum absolute atomic E-state index is 12.6. The van der Waals surface area contributed by atoms with Gasteiger partial charge in [-0.3, -0.25) is 15.0 Å². The Balaban J connectivity index is 1.87. The molecule has 0 aromatic heterocycles. The molecule has 0 saturated carbocycles. The van der Waals surface area contributed by atoms with Crippen molar-refractivity contribution in [3.05, 3.63) is 59.7 Å². The Morgan fingerprint density at radius 3 is 2.52 bits per heavy atom. The van der Waals surface area contributed by atoms with Gasteiger partial charge in [-0.2, -0.15) is 0 Å². The summed E-state index contributed by atoms with van der Waals surface area (Å²) in [5, 5.41) is 1.24. The Morgan fingerprint density at radius 1 is 1.11 bits per heavy atom. The molecular weight excluding hydrogens is 344 g/mol. The Hall–Kier alpha value is -3.28. The number of para-hydroxylation sites is 1. The summed E-state index contributed by atoms with van der Waals surface area (Å²) < 4.78 is 11.2. The van der Waals surface area contributed by atoms with E-state index in [9.17, 15) is 9.59 Å². The van der Waals surface area contributed by atoms with Crippen molar-refractivity contribution in [2.45, 2.75) is 26.4 Å². The fourth-order valence-electron chi connectivity index (χ4n) is 2.65. The number of ether oxygens (including phenoxy) is 2. The summed E-state index contributed by atoms with van der Waals surface area (Å²) in [6.07, 6.45) is 2.49. The Bertz CT molecular complexity index is 877. The molecule has 1 heterocycles. The second kappa shape index (κ2) is 7.95. The first kappa shape index (κ1) is 18.5. The smallest absolute Gasteiger partial charge is 0.282 e. The van der Waals surface area contributed by atoms with Gasteiger partial charge in [0.15, 0.2) is 11.5 Å². The number of hydrogen-bond acceptors (Lipinski definition) is 4. The van der Waals surface area contributed by atoms with Gasteiger partial charge in [-0.05, 0) is 49.2 Å². The molecule has 0 bridgehead atoms. The van der Waals surface area contributed by atoms with E-state index in [4.69, 9.17) is 9.47 Å². The van der Waals surface area contributed by atoms with Crippen molar-refractivity contribution in [1.29, 1.82) is 0 Å². The van der Waals surface area contributed by atoms with Gasteiger partial charge in [0.2, 0.25) is 0 Å². The second-order valence-corrected chi connectivity index (χ2v) is 6.22. The molecule has 1 saturated heterocycles. The number of benzene rings is 2. The van der Waals surface area contributed by atoms with Crippen molar-refractivity contribution in [1.82, 2.24) is 5.43 Å². The van der Waals surface area contributed by atoms with Crippen LogP contribution in [0.5, 0.6) is 11.5 Å². The maximum Gasteiger partial charge on any atom is 0.282 e. The molecule has 2 amide bonds. The van der Waals surface area contributed by atoms with Crippen LogP contribution in [-0.4, -0.2) is 25.0 Å². The summed E-state index contributed by atoms with van der Waals surface area (Å²) >= 11 is 0. The minimum absolute atomic E-state index is 0.0599. The lowest BCUT2D eigenvalue weighted by Gasteiger charge is -2.15. The van der Waals surface area contributed by atoms with Crippen LogP contribution < -0.4 is 19.9 Å². The van der Waals surface area contributed by atoms with E-state index in [1.165, 1.54) is 5.01 Å².